The number of halogens is 3. The highest BCUT2D eigenvalue weighted by molar-refractivity contribution is 5.70. The highest BCUT2D eigenvalue weighted by Crippen LogP contribution is 2.31. The summed E-state index contributed by atoms with van der Waals surface area (Å²) in [6.07, 6.45) is -2.71. The first kappa shape index (κ1) is 14.5. The summed E-state index contributed by atoms with van der Waals surface area (Å²) in [5.41, 5.74) is -1.04. The van der Waals surface area contributed by atoms with Crippen molar-refractivity contribution in [3.05, 3.63) is 18.1 Å². The predicted molar refractivity (Wildman–Crippen MR) is 68.4 cm³/mol. The minimum absolute atomic E-state index is 0.134. The van der Waals surface area contributed by atoms with Crippen molar-refractivity contribution in [2.45, 2.75) is 19.0 Å². The molecule has 2 aromatic rings. The summed E-state index contributed by atoms with van der Waals surface area (Å²) in [6, 6.07) is 0.919. The monoisotopic (exact) mass is 315 g/mol. The second-order valence-corrected chi connectivity index (χ2v) is 5.07. The number of anilines is 1. The van der Waals surface area contributed by atoms with Crippen LogP contribution in [-0.2, 0) is 11.0 Å². The smallest absolute Gasteiger partial charge is 0.433 e. The Labute approximate surface area is 122 Å². The molecule has 1 aliphatic heterocycles. The number of hydrogen-bond acceptors (Lipinski definition) is 5. The molecule has 0 amide bonds. The molecule has 2 aromatic heterocycles. The van der Waals surface area contributed by atoms with Gasteiger partial charge < -0.3 is 10.0 Å². The first-order chi connectivity index (χ1) is 10.4. The van der Waals surface area contributed by atoms with Crippen LogP contribution in [0.5, 0.6) is 0 Å². The lowest BCUT2D eigenvalue weighted by molar-refractivity contribution is -0.142. The maximum atomic E-state index is 12.9. The van der Waals surface area contributed by atoms with Gasteiger partial charge in [-0.1, -0.05) is 0 Å². The summed E-state index contributed by atoms with van der Waals surface area (Å²) < 4.78 is 40.0. The van der Waals surface area contributed by atoms with Crippen LogP contribution in [0.25, 0.3) is 5.78 Å². The van der Waals surface area contributed by atoms with Crippen molar-refractivity contribution < 1.29 is 23.1 Å². The predicted octanol–water partition coefficient (Wildman–Crippen LogP) is 1.44. The summed E-state index contributed by atoms with van der Waals surface area (Å²) in [6.45, 7) is 0.681. The van der Waals surface area contributed by atoms with E-state index < -0.39 is 23.8 Å². The molecule has 0 bridgehead atoms. The first-order valence-corrected chi connectivity index (χ1v) is 6.62. The molecule has 0 saturated carbocycles. The number of aromatic nitrogens is 4. The third-order valence-electron chi connectivity index (χ3n) is 3.69. The van der Waals surface area contributed by atoms with E-state index in [1.165, 1.54) is 4.52 Å². The minimum atomic E-state index is -4.58. The number of piperidine rings is 1. The molecule has 118 valence electrons. The number of rotatable bonds is 2. The van der Waals surface area contributed by atoms with Gasteiger partial charge in [-0.2, -0.15) is 27.8 Å². The van der Waals surface area contributed by atoms with Crippen LogP contribution >= 0.6 is 0 Å². The quantitative estimate of drug-likeness (QED) is 0.903. The molecule has 1 fully saturated rings. The fraction of sp³-hybridized carbons (Fsp3) is 0.500. The number of carboxylic acids is 1. The molecule has 1 aliphatic rings. The fourth-order valence-electron chi connectivity index (χ4n) is 2.52. The number of aliphatic carboxylic acids is 1. The van der Waals surface area contributed by atoms with Crippen LogP contribution in [0.4, 0.5) is 19.0 Å². The molecule has 3 heterocycles. The van der Waals surface area contributed by atoms with Gasteiger partial charge in [0.2, 0.25) is 0 Å². The van der Waals surface area contributed by atoms with Gasteiger partial charge in [0, 0.05) is 19.2 Å². The van der Waals surface area contributed by atoms with Crippen molar-refractivity contribution in [2.24, 2.45) is 5.92 Å². The lowest BCUT2D eigenvalue weighted by Crippen LogP contribution is -2.37. The second-order valence-electron chi connectivity index (χ2n) is 5.07. The van der Waals surface area contributed by atoms with Crippen molar-refractivity contribution in [1.29, 1.82) is 0 Å². The zero-order valence-corrected chi connectivity index (χ0v) is 11.3. The lowest BCUT2D eigenvalue weighted by atomic mass is 9.97. The average molecular weight is 315 g/mol. The van der Waals surface area contributed by atoms with Crippen LogP contribution in [-0.4, -0.2) is 43.7 Å². The molecule has 0 radical (unpaired) electrons. The molecule has 7 nitrogen and oxygen atoms in total. The highest BCUT2D eigenvalue weighted by Gasteiger charge is 2.35. The lowest BCUT2D eigenvalue weighted by Gasteiger charge is -2.31. The Kier molecular flexibility index (Phi) is 3.38. The van der Waals surface area contributed by atoms with Gasteiger partial charge in [-0.05, 0) is 12.8 Å². The summed E-state index contributed by atoms with van der Waals surface area (Å²) in [7, 11) is 0. The Morgan fingerprint density at radius 3 is 2.59 bits per heavy atom. The van der Waals surface area contributed by atoms with Crippen LogP contribution in [0.15, 0.2) is 12.4 Å². The molecule has 1 saturated heterocycles. The molecule has 0 spiro atoms. The van der Waals surface area contributed by atoms with E-state index in [1.807, 2.05) is 0 Å². The molecule has 0 aromatic carbocycles. The summed E-state index contributed by atoms with van der Waals surface area (Å²) in [5, 5.41) is 12.9. The maximum Gasteiger partial charge on any atom is 0.433 e. The van der Waals surface area contributed by atoms with E-state index in [1.54, 1.807) is 4.90 Å². The van der Waals surface area contributed by atoms with E-state index in [-0.39, 0.29) is 11.6 Å². The van der Waals surface area contributed by atoms with Crippen molar-refractivity contribution in [3.8, 4) is 0 Å². The zero-order chi connectivity index (χ0) is 15.9. The topological polar surface area (TPSA) is 83.6 Å². The van der Waals surface area contributed by atoms with E-state index in [2.05, 4.69) is 15.1 Å². The van der Waals surface area contributed by atoms with Crippen LogP contribution in [0.3, 0.4) is 0 Å². The molecule has 0 unspecified atom stereocenters. The normalized spacial score (nSPS) is 17.1. The van der Waals surface area contributed by atoms with Gasteiger partial charge in [-0.3, -0.25) is 4.79 Å². The number of fused-ring (bicyclic) bond motifs is 1. The van der Waals surface area contributed by atoms with E-state index in [0.29, 0.717) is 25.9 Å². The number of carbonyl (C=O) groups is 1. The van der Waals surface area contributed by atoms with Crippen LogP contribution in [0.1, 0.15) is 18.5 Å². The summed E-state index contributed by atoms with van der Waals surface area (Å²) >= 11 is 0. The molecule has 0 atom stereocenters. The molecule has 10 heteroatoms. The van der Waals surface area contributed by atoms with Crippen molar-refractivity contribution in [2.75, 3.05) is 18.0 Å². The standard InChI is InChI=1S/C12H12F3N5O2/c13-12(14,15)8-5-9(20-11(18-8)16-6-17-20)19-3-1-7(2-4-19)10(21)22/h5-7H,1-4H2,(H,21,22). The summed E-state index contributed by atoms with van der Waals surface area (Å²) in [5.74, 6) is -1.26. The third-order valence-corrected chi connectivity index (χ3v) is 3.69. The maximum absolute atomic E-state index is 12.9. The van der Waals surface area contributed by atoms with Gasteiger partial charge in [0.1, 0.15) is 12.1 Å². The molecule has 1 N–H and O–H groups in total. The molecule has 3 rings (SSSR count). The molecule has 22 heavy (non-hydrogen) atoms. The van der Waals surface area contributed by atoms with E-state index in [4.69, 9.17) is 5.11 Å². The van der Waals surface area contributed by atoms with E-state index in [0.717, 1.165) is 12.4 Å². The Morgan fingerprint density at radius 1 is 1.32 bits per heavy atom. The van der Waals surface area contributed by atoms with Crippen LogP contribution in [0.2, 0.25) is 0 Å². The van der Waals surface area contributed by atoms with Gasteiger partial charge in [-0.25, -0.2) is 4.98 Å². The number of hydrogen-bond donors (Lipinski definition) is 1. The van der Waals surface area contributed by atoms with Gasteiger partial charge in [0.25, 0.3) is 5.78 Å². The van der Waals surface area contributed by atoms with Gasteiger partial charge in [0.15, 0.2) is 5.69 Å². The molecular formula is C12H12F3N5O2. The Morgan fingerprint density at radius 2 is 2.00 bits per heavy atom. The third kappa shape index (κ3) is 2.55. The summed E-state index contributed by atoms with van der Waals surface area (Å²) in [4.78, 5) is 19.8. The largest absolute Gasteiger partial charge is 0.481 e. The first-order valence-electron chi connectivity index (χ1n) is 6.62. The van der Waals surface area contributed by atoms with E-state index >= 15 is 0 Å². The van der Waals surface area contributed by atoms with Crippen molar-refractivity contribution in [1.82, 2.24) is 19.6 Å². The van der Waals surface area contributed by atoms with Gasteiger partial charge >= 0.3 is 12.1 Å². The Balaban J connectivity index is 1.96. The SMILES string of the molecule is O=C(O)C1CCN(c2cc(C(F)(F)F)nc3ncnn23)CC1. The number of nitrogens with zero attached hydrogens (tertiary/aromatic N) is 5. The Hall–Kier alpha value is -2.39. The van der Waals surface area contributed by atoms with Crippen molar-refractivity contribution >= 4 is 17.6 Å². The van der Waals surface area contributed by atoms with Gasteiger partial charge in [0.05, 0.1) is 5.92 Å². The zero-order valence-electron chi connectivity index (χ0n) is 11.3. The molecule has 0 aliphatic carbocycles. The van der Waals surface area contributed by atoms with Gasteiger partial charge in [-0.15, -0.1) is 0 Å². The Bertz CT molecular complexity index is 706. The minimum Gasteiger partial charge on any atom is -0.481 e. The molecular weight excluding hydrogens is 303 g/mol. The van der Waals surface area contributed by atoms with E-state index in [9.17, 15) is 18.0 Å². The average Bonchev–Trinajstić information content (AvgIpc) is 2.93. The highest BCUT2D eigenvalue weighted by atomic mass is 19.4. The second kappa shape index (κ2) is 5.11. The number of carboxylic acid groups (broad SMARTS) is 1. The van der Waals surface area contributed by atoms with Crippen LogP contribution in [0, 0.1) is 5.92 Å². The van der Waals surface area contributed by atoms with Crippen LogP contribution < -0.4 is 4.90 Å². The fourth-order valence-corrected chi connectivity index (χ4v) is 2.52. The number of alkyl halides is 3. The van der Waals surface area contributed by atoms with Crippen molar-refractivity contribution in [3.63, 3.8) is 0 Å².